The van der Waals surface area contributed by atoms with E-state index in [1.807, 2.05) is 31.2 Å². The van der Waals surface area contributed by atoms with E-state index in [1.54, 1.807) is 6.07 Å². The number of halogens is 1. The van der Waals surface area contributed by atoms with Crippen molar-refractivity contribution in [3.8, 4) is 11.3 Å². The number of nitrogens with two attached hydrogens (primary N) is 1. The van der Waals surface area contributed by atoms with Gasteiger partial charge in [-0.05, 0) is 36.8 Å². The van der Waals surface area contributed by atoms with Crippen molar-refractivity contribution in [1.82, 2.24) is 9.97 Å². The molecule has 0 unspecified atom stereocenters. The first-order valence-corrected chi connectivity index (χ1v) is 9.20. The molecule has 0 aliphatic heterocycles. The number of nitrogens with one attached hydrogen (secondary N) is 1. The zero-order chi connectivity index (χ0) is 18.0. The summed E-state index contributed by atoms with van der Waals surface area (Å²) in [7, 11) is -3.83. The van der Waals surface area contributed by atoms with Crippen LogP contribution in [0.1, 0.15) is 5.56 Å². The number of nitrogen functional groups attached to an aromatic ring is 1. The fraction of sp³-hybridized carbons (Fsp3) is 0.0588. The summed E-state index contributed by atoms with van der Waals surface area (Å²) in [5.41, 5.74) is 7.82. The van der Waals surface area contributed by atoms with Crippen LogP contribution in [0.4, 0.5) is 11.6 Å². The van der Waals surface area contributed by atoms with Gasteiger partial charge in [-0.1, -0.05) is 35.9 Å². The second kappa shape index (κ2) is 6.70. The van der Waals surface area contributed by atoms with Gasteiger partial charge in [0.25, 0.3) is 10.0 Å². The van der Waals surface area contributed by atoms with E-state index in [4.69, 9.17) is 17.3 Å². The second-order valence-corrected chi connectivity index (χ2v) is 7.46. The van der Waals surface area contributed by atoms with Gasteiger partial charge in [0.15, 0.2) is 0 Å². The van der Waals surface area contributed by atoms with Crippen LogP contribution >= 0.6 is 11.6 Å². The van der Waals surface area contributed by atoms with Crippen molar-refractivity contribution < 1.29 is 8.42 Å². The maximum atomic E-state index is 12.4. The highest BCUT2D eigenvalue weighted by Gasteiger charge is 2.17. The van der Waals surface area contributed by atoms with Crippen LogP contribution in [0.5, 0.6) is 0 Å². The molecule has 25 heavy (non-hydrogen) atoms. The molecule has 1 aromatic carbocycles. The normalized spacial score (nSPS) is 11.3. The molecule has 0 aliphatic rings. The standard InChI is InChI=1S/C17H15ClN4O2S/c1-11-4-2-3-5-13(11)17-14(18)7-9-16(21-17)22-25(23,24)12-6-8-15(19)20-10-12/h2-10H,1H3,(H2,19,20)(H,21,22). The lowest BCUT2D eigenvalue weighted by Crippen LogP contribution is -2.14. The molecule has 0 aliphatic carbocycles. The summed E-state index contributed by atoms with van der Waals surface area (Å²) < 4.78 is 27.3. The van der Waals surface area contributed by atoms with Crippen LogP contribution < -0.4 is 10.5 Å². The number of hydrogen-bond acceptors (Lipinski definition) is 5. The van der Waals surface area contributed by atoms with E-state index in [9.17, 15) is 8.42 Å². The minimum Gasteiger partial charge on any atom is -0.384 e. The first kappa shape index (κ1) is 17.2. The summed E-state index contributed by atoms with van der Waals surface area (Å²) in [6.45, 7) is 1.93. The van der Waals surface area contributed by atoms with E-state index in [-0.39, 0.29) is 16.5 Å². The largest absolute Gasteiger partial charge is 0.384 e. The monoisotopic (exact) mass is 374 g/mol. The predicted molar refractivity (Wildman–Crippen MR) is 98.9 cm³/mol. The van der Waals surface area contributed by atoms with Crippen molar-refractivity contribution in [2.75, 3.05) is 10.5 Å². The van der Waals surface area contributed by atoms with Crippen molar-refractivity contribution in [1.29, 1.82) is 0 Å². The summed E-state index contributed by atoms with van der Waals surface area (Å²) in [6, 6.07) is 13.5. The first-order valence-electron chi connectivity index (χ1n) is 7.34. The minimum atomic E-state index is -3.83. The Kier molecular flexibility index (Phi) is 4.61. The molecular formula is C17H15ClN4O2S. The molecule has 0 amide bonds. The SMILES string of the molecule is Cc1ccccc1-c1nc(NS(=O)(=O)c2ccc(N)nc2)ccc1Cl. The first-order chi connectivity index (χ1) is 11.9. The van der Waals surface area contributed by atoms with Crippen LogP contribution in [0, 0.1) is 6.92 Å². The molecular weight excluding hydrogens is 360 g/mol. The van der Waals surface area contributed by atoms with Crippen LogP contribution in [0.25, 0.3) is 11.3 Å². The highest BCUT2D eigenvalue weighted by molar-refractivity contribution is 7.92. The highest BCUT2D eigenvalue weighted by Crippen LogP contribution is 2.30. The third-order valence-corrected chi connectivity index (χ3v) is 5.20. The number of pyridine rings is 2. The Labute approximate surface area is 150 Å². The van der Waals surface area contributed by atoms with Crippen LogP contribution in [0.2, 0.25) is 5.02 Å². The molecule has 0 fully saturated rings. The Morgan fingerprint density at radius 1 is 1.08 bits per heavy atom. The quantitative estimate of drug-likeness (QED) is 0.728. The number of nitrogens with zero attached hydrogens (tertiary/aromatic N) is 2. The van der Waals surface area contributed by atoms with Gasteiger partial charge in [-0.2, -0.15) is 0 Å². The van der Waals surface area contributed by atoms with Gasteiger partial charge in [0, 0.05) is 11.8 Å². The number of aryl methyl sites for hydroxylation is 1. The Morgan fingerprint density at radius 3 is 2.52 bits per heavy atom. The van der Waals surface area contributed by atoms with Gasteiger partial charge < -0.3 is 5.73 Å². The average Bonchev–Trinajstić information content (AvgIpc) is 2.57. The van der Waals surface area contributed by atoms with Crippen molar-refractivity contribution in [3.63, 3.8) is 0 Å². The lowest BCUT2D eigenvalue weighted by molar-refractivity contribution is 0.600. The number of rotatable bonds is 4. The molecule has 0 radical (unpaired) electrons. The number of hydrogen-bond donors (Lipinski definition) is 2. The summed E-state index contributed by atoms with van der Waals surface area (Å²) in [4.78, 5) is 8.16. The molecule has 3 aromatic rings. The summed E-state index contributed by atoms with van der Waals surface area (Å²) in [6.07, 6.45) is 1.19. The number of sulfonamides is 1. The van der Waals surface area contributed by atoms with Gasteiger partial charge in [0.1, 0.15) is 16.5 Å². The van der Waals surface area contributed by atoms with Gasteiger partial charge >= 0.3 is 0 Å². The van der Waals surface area contributed by atoms with Crippen LogP contribution in [0.15, 0.2) is 59.6 Å². The summed E-state index contributed by atoms with van der Waals surface area (Å²) in [5, 5.41) is 0.436. The summed E-state index contributed by atoms with van der Waals surface area (Å²) in [5.74, 6) is 0.407. The zero-order valence-electron chi connectivity index (χ0n) is 13.3. The Bertz CT molecular complexity index is 1020. The Balaban J connectivity index is 1.98. The van der Waals surface area contributed by atoms with Crippen LogP contribution in [0.3, 0.4) is 0 Å². The number of anilines is 2. The molecule has 128 valence electrons. The molecule has 3 rings (SSSR count). The van der Waals surface area contributed by atoms with Crippen molar-refractivity contribution >= 4 is 33.3 Å². The van der Waals surface area contributed by atoms with Gasteiger partial charge in [-0.25, -0.2) is 18.4 Å². The van der Waals surface area contributed by atoms with Gasteiger partial charge in [0.05, 0.1) is 10.7 Å². The van der Waals surface area contributed by atoms with Crippen molar-refractivity contribution in [2.45, 2.75) is 11.8 Å². The lowest BCUT2D eigenvalue weighted by atomic mass is 10.1. The molecule has 0 saturated carbocycles. The fourth-order valence-corrected chi connectivity index (χ4v) is 3.43. The predicted octanol–water partition coefficient (Wildman–Crippen LogP) is 3.49. The van der Waals surface area contributed by atoms with E-state index in [2.05, 4.69) is 14.7 Å². The topological polar surface area (TPSA) is 98.0 Å². The molecule has 2 heterocycles. The van der Waals surface area contributed by atoms with E-state index < -0.39 is 10.0 Å². The lowest BCUT2D eigenvalue weighted by Gasteiger charge is -2.11. The molecule has 8 heteroatoms. The van der Waals surface area contributed by atoms with Gasteiger partial charge in [-0.3, -0.25) is 4.72 Å². The van der Waals surface area contributed by atoms with Crippen LogP contribution in [-0.2, 0) is 10.0 Å². The third kappa shape index (κ3) is 3.72. The van der Waals surface area contributed by atoms with Gasteiger partial charge in [0.2, 0.25) is 0 Å². The molecule has 0 bridgehead atoms. The zero-order valence-corrected chi connectivity index (χ0v) is 14.8. The average molecular weight is 375 g/mol. The fourth-order valence-electron chi connectivity index (χ4n) is 2.27. The smallest absolute Gasteiger partial charge is 0.264 e. The number of benzene rings is 1. The highest BCUT2D eigenvalue weighted by atomic mass is 35.5. The molecule has 0 spiro atoms. The van der Waals surface area contributed by atoms with Crippen LogP contribution in [-0.4, -0.2) is 18.4 Å². The van der Waals surface area contributed by atoms with Gasteiger partial charge in [-0.15, -0.1) is 0 Å². The van der Waals surface area contributed by atoms with Crippen molar-refractivity contribution in [3.05, 3.63) is 65.3 Å². The minimum absolute atomic E-state index is 0.00380. The maximum absolute atomic E-state index is 12.4. The number of aromatic nitrogens is 2. The molecule has 0 atom stereocenters. The Hall–Kier alpha value is -2.64. The van der Waals surface area contributed by atoms with E-state index in [0.717, 1.165) is 11.1 Å². The van der Waals surface area contributed by atoms with E-state index >= 15 is 0 Å². The second-order valence-electron chi connectivity index (χ2n) is 5.37. The molecule has 3 N–H and O–H groups in total. The Morgan fingerprint density at radius 2 is 1.84 bits per heavy atom. The van der Waals surface area contributed by atoms with E-state index in [0.29, 0.717) is 10.7 Å². The van der Waals surface area contributed by atoms with Crippen molar-refractivity contribution in [2.24, 2.45) is 0 Å². The molecule has 2 aromatic heterocycles. The maximum Gasteiger partial charge on any atom is 0.264 e. The van der Waals surface area contributed by atoms with E-state index in [1.165, 1.54) is 24.4 Å². The summed E-state index contributed by atoms with van der Waals surface area (Å²) >= 11 is 6.24. The third-order valence-electron chi connectivity index (χ3n) is 3.55. The molecule has 6 nitrogen and oxygen atoms in total. The molecule has 0 saturated heterocycles.